The first-order chi connectivity index (χ1) is 9.07. The van der Waals surface area contributed by atoms with Crippen LogP contribution in [0.15, 0.2) is 16.5 Å². The average molecular weight is 286 g/mol. The second-order valence-corrected chi connectivity index (χ2v) is 5.06. The highest BCUT2D eigenvalue weighted by atomic mass is 35.5. The summed E-state index contributed by atoms with van der Waals surface area (Å²) in [7, 11) is 1.33. The van der Waals surface area contributed by atoms with E-state index in [0.717, 1.165) is 19.3 Å². The summed E-state index contributed by atoms with van der Waals surface area (Å²) in [5.74, 6) is -0.753. The topological polar surface area (TPSA) is 68.5 Å². The summed E-state index contributed by atoms with van der Waals surface area (Å²) in [5.41, 5.74) is -0.941. The van der Waals surface area contributed by atoms with Crippen molar-refractivity contribution >= 4 is 23.5 Å². The van der Waals surface area contributed by atoms with Crippen LogP contribution >= 0.6 is 11.6 Å². The molecule has 1 aromatic rings. The van der Waals surface area contributed by atoms with Gasteiger partial charge >= 0.3 is 5.97 Å². The van der Waals surface area contributed by atoms with E-state index >= 15 is 0 Å². The molecule has 0 saturated heterocycles. The third-order valence-electron chi connectivity index (χ3n) is 3.43. The van der Waals surface area contributed by atoms with Crippen LogP contribution < -0.4 is 5.32 Å². The van der Waals surface area contributed by atoms with Gasteiger partial charge in [-0.1, -0.05) is 19.3 Å². The van der Waals surface area contributed by atoms with E-state index in [1.54, 1.807) is 0 Å². The SMILES string of the molecule is COC(=O)C1(NC(=O)c2ccc(Cl)o2)CCCCC1. The lowest BCUT2D eigenvalue weighted by molar-refractivity contribution is -0.149. The van der Waals surface area contributed by atoms with Gasteiger partial charge in [0, 0.05) is 0 Å². The van der Waals surface area contributed by atoms with Crippen molar-refractivity contribution in [1.82, 2.24) is 5.32 Å². The van der Waals surface area contributed by atoms with Gasteiger partial charge in [-0.3, -0.25) is 4.79 Å². The fourth-order valence-corrected chi connectivity index (χ4v) is 2.59. The quantitative estimate of drug-likeness (QED) is 0.867. The van der Waals surface area contributed by atoms with Gasteiger partial charge in [-0.05, 0) is 36.6 Å². The van der Waals surface area contributed by atoms with Crippen molar-refractivity contribution in [3.05, 3.63) is 23.1 Å². The average Bonchev–Trinajstić information content (AvgIpc) is 2.85. The Labute approximate surface area is 116 Å². The maximum atomic E-state index is 12.1. The van der Waals surface area contributed by atoms with E-state index in [0.29, 0.717) is 12.8 Å². The van der Waals surface area contributed by atoms with Crippen LogP contribution in [-0.2, 0) is 9.53 Å². The minimum atomic E-state index is -0.941. The third-order valence-corrected chi connectivity index (χ3v) is 3.64. The van der Waals surface area contributed by atoms with Crippen LogP contribution in [-0.4, -0.2) is 24.5 Å². The monoisotopic (exact) mass is 285 g/mol. The maximum Gasteiger partial charge on any atom is 0.331 e. The molecule has 0 bridgehead atoms. The number of furan rings is 1. The van der Waals surface area contributed by atoms with Crippen molar-refractivity contribution in [2.75, 3.05) is 7.11 Å². The van der Waals surface area contributed by atoms with Gasteiger partial charge < -0.3 is 14.5 Å². The fraction of sp³-hybridized carbons (Fsp3) is 0.538. The van der Waals surface area contributed by atoms with Gasteiger partial charge in [-0.2, -0.15) is 0 Å². The predicted molar refractivity (Wildman–Crippen MR) is 69.0 cm³/mol. The zero-order valence-electron chi connectivity index (χ0n) is 10.7. The molecule has 1 aliphatic rings. The van der Waals surface area contributed by atoms with Crippen molar-refractivity contribution in [2.24, 2.45) is 0 Å². The summed E-state index contributed by atoms with van der Waals surface area (Å²) in [4.78, 5) is 24.0. The van der Waals surface area contributed by atoms with Crippen LogP contribution in [0, 0.1) is 0 Å². The molecule has 19 heavy (non-hydrogen) atoms. The molecule has 0 aromatic carbocycles. The number of esters is 1. The number of nitrogens with one attached hydrogen (secondary N) is 1. The molecule has 1 heterocycles. The number of halogens is 1. The van der Waals surface area contributed by atoms with E-state index in [1.165, 1.54) is 19.2 Å². The molecule has 5 nitrogen and oxygen atoms in total. The highest BCUT2D eigenvalue weighted by Crippen LogP contribution is 2.30. The summed E-state index contributed by atoms with van der Waals surface area (Å²) in [5, 5.41) is 2.89. The van der Waals surface area contributed by atoms with E-state index in [1.807, 2.05) is 0 Å². The number of rotatable bonds is 3. The number of ether oxygens (including phenoxy) is 1. The molecule has 1 amide bonds. The van der Waals surface area contributed by atoms with Gasteiger partial charge in [0.2, 0.25) is 0 Å². The molecule has 0 spiro atoms. The Morgan fingerprint density at radius 3 is 2.53 bits per heavy atom. The minimum Gasteiger partial charge on any atom is -0.467 e. The molecule has 2 rings (SSSR count). The van der Waals surface area contributed by atoms with Crippen molar-refractivity contribution in [3.8, 4) is 0 Å². The van der Waals surface area contributed by atoms with Crippen LogP contribution in [0.4, 0.5) is 0 Å². The van der Waals surface area contributed by atoms with Gasteiger partial charge in [0.25, 0.3) is 5.91 Å². The number of amides is 1. The molecule has 1 aliphatic carbocycles. The number of carbonyl (C=O) groups is 2. The Morgan fingerprint density at radius 1 is 1.32 bits per heavy atom. The minimum absolute atomic E-state index is 0.0962. The second-order valence-electron chi connectivity index (χ2n) is 4.69. The predicted octanol–water partition coefficient (Wildman–Crippen LogP) is 2.54. The van der Waals surface area contributed by atoms with E-state index in [9.17, 15) is 9.59 Å². The van der Waals surface area contributed by atoms with E-state index in [4.69, 9.17) is 20.8 Å². The van der Waals surface area contributed by atoms with Crippen LogP contribution in [0.1, 0.15) is 42.7 Å². The molecule has 1 fully saturated rings. The second kappa shape index (κ2) is 5.65. The first-order valence-electron chi connectivity index (χ1n) is 6.24. The Hall–Kier alpha value is -1.49. The van der Waals surface area contributed by atoms with Gasteiger partial charge in [0.1, 0.15) is 5.54 Å². The first kappa shape index (κ1) is 13.9. The van der Waals surface area contributed by atoms with E-state index in [2.05, 4.69) is 5.32 Å². The van der Waals surface area contributed by atoms with Crippen LogP contribution in [0.2, 0.25) is 5.22 Å². The number of hydrogen-bond donors (Lipinski definition) is 1. The molecule has 104 valence electrons. The summed E-state index contributed by atoms with van der Waals surface area (Å²) in [6.45, 7) is 0. The molecule has 6 heteroatoms. The molecule has 1 saturated carbocycles. The normalized spacial score (nSPS) is 17.8. The Balaban J connectivity index is 2.16. The van der Waals surface area contributed by atoms with E-state index < -0.39 is 17.4 Å². The Kier molecular flexibility index (Phi) is 4.14. The summed E-state index contributed by atoms with van der Waals surface area (Å²) < 4.78 is 9.87. The molecule has 0 aliphatic heterocycles. The lowest BCUT2D eigenvalue weighted by atomic mass is 9.81. The zero-order chi connectivity index (χ0) is 13.9. The van der Waals surface area contributed by atoms with Crippen molar-refractivity contribution in [3.63, 3.8) is 0 Å². The van der Waals surface area contributed by atoms with Crippen molar-refractivity contribution < 1.29 is 18.7 Å². The van der Waals surface area contributed by atoms with Gasteiger partial charge in [-0.25, -0.2) is 4.79 Å². The van der Waals surface area contributed by atoms with Gasteiger partial charge in [0.15, 0.2) is 11.0 Å². The molecule has 0 radical (unpaired) electrons. The summed E-state index contributed by atoms with van der Waals surface area (Å²) >= 11 is 5.63. The highest BCUT2D eigenvalue weighted by molar-refractivity contribution is 6.29. The summed E-state index contributed by atoms with van der Waals surface area (Å²) in [6, 6.07) is 2.97. The third kappa shape index (κ3) is 2.92. The summed E-state index contributed by atoms with van der Waals surface area (Å²) in [6.07, 6.45) is 3.99. The van der Waals surface area contributed by atoms with Gasteiger partial charge in [0.05, 0.1) is 7.11 Å². The van der Waals surface area contributed by atoms with Crippen LogP contribution in [0.5, 0.6) is 0 Å². The standard InChI is InChI=1S/C13H16ClNO4/c1-18-12(17)13(7-3-2-4-8-13)15-11(16)9-5-6-10(14)19-9/h5-6H,2-4,7-8H2,1H3,(H,15,16). The smallest absolute Gasteiger partial charge is 0.331 e. The van der Waals surface area contributed by atoms with Crippen LogP contribution in [0.25, 0.3) is 0 Å². The lowest BCUT2D eigenvalue weighted by Crippen LogP contribution is -2.56. The number of methoxy groups -OCH3 is 1. The largest absolute Gasteiger partial charge is 0.467 e. The molecule has 0 unspecified atom stereocenters. The number of carbonyl (C=O) groups excluding carboxylic acids is 2. The van der Waals surface area contributed by atoms with Crippen molar-refractivity contribution in [2.45, 2.75) is 37.6 Å². The highest BCUT2D eigenvalue weighted by Gasteiger charge is 2.42. The van der Waals surface area contributed by atoms with Crippen molar-refractivity contribution in [1.29, 1.82) is 0 Å². The maximum absolute atomic E-state index is 12.1. The fourth-order valence-electron chi connectivity index (χ4n) is 2.45. The zero-order valence-corrected chi connectivity index (χ0v) is 11.5. The Bertz CT molecular complexity index is 477. The van der Waals surface area contributed by atoms with Crippen LogP contribution in [0.3, 0.4) is 0 Å². The molecular formula is C13H16ClNO4. The molecule has 1 N–H and O–H groups in total. The molecule has 0 atom stereocenters. The van der Waals surface area contributed by atoms with Gasteiger partial charge in [-0.15, -0.1) is 0 Å². The molecule has 1 aromatic heterocycles. The Morgan fingerprint density at radius 2 is 2.00 bits per heavy atom. The van der Waals surface area contributed by atoms with E-state index in [-0.39, 0.29) is 11.0 Å². The number of hydrogen-bond acceptors (Lipinski definition) is 4. The lowest BCUT2D eigenvalue weighted by Gasteiger charge is -2.34. The first-order valence-corrected chi connectivity index (χ1v) is 6.61. The molecular weight excluding hydrogens is 270 g/mol.